The minimum Gasteiger partial charge on any atom is -0.390 e. The fourth-order valence-corrected chi connectivity index (χ4v) is 5.29. The topological polar surface area (TPSA) is 89.8 Å². The van der Waals surface area contributed by atoms with E-state index in [1.54, 1.807) is 7.05 Å². The minimum atomic E-state index is -0.712. The molecule has 3 fully saturated rings. The number of allylic oxidation sites excluding steroid dienone is 1. The first-order valence-corrected chi connectivity index (χ1v) is 11.2. The largest absolute Gasteiger partial charge is 0.390 e. The second-order valence-corrected chi connectivity index (χ2v) is 10.4. The van der Waals surface area contributed by atoms with Crippen molar-refractivity contribution < 1.29 is 5.11 Å². The van der Waals surface area contributed by atoms with Gasteiger partial charge in [0.05, 0.1) is 28.8 Å². The van der Waals surface area contributed by atoms with Crippen molar-refractivity contribution >= 4 is 23.5 Å². The molecule has 7 nitrogen and oxygen atoms in total. The van der Waals surface area contributed by atoms with Gasteiger partial charge in [-0.25, -0.2) is 9.67 Å². The highest BCUT2D eigenvalue weighted by molar-refractivity contribution is 6.00. The fourth-order valence-electron chi connectivity index (χ4n) is 5.29. The van der Waals surface area contributed by atoms with E-state index >= 15 is 0 Å². The summed E-state index contributed by atoms with van der Waals surface area (Å²) < 4.78 is 1.81. The van der Waals surface area contributed by atoms with Gasteiger partial charge in [-0.05, 0) is 63.3 Å². The number of benzene rings is 1. The predicted molar refractivity (Wildman–Crippen MR) is 126 cm³/mol. The Labute approximate surface area is 188 Å². The summed E-state index contributed by atoms with van der Waals surface area (Å²) in [6, 6.07) is 8.85. The molecule has 2 aromatic rings. The molecular weight excluding hydrogens is 400 g/mol. The highest BCUT2D eigenvalue weighted by Crippen LogP contribution is 2.68. The van der Waals surface area contributed by atoms with Gasteiger partial charge in [-0.2, -0.15) is 10.4 Å². The van der Waals surface area contributed by atoms with E-state index in [4.69, 9.17) is 0 Å². The number of nitriles is 1. The van der Waals surface area contributed by atoms with E-state index in [0.717, 1.165) is 42.4 Å². The lowest BCUT2D eigenvalue weighted by Gasteiger charge is -2.46. The molecule has 1 saturated heterocycles. The third-order valence-corrected chi connectivity index (χ3v) is 7.72. The van der Waals surface area contributed by atoms with Crippen molar-refractivity contribution in [2.45, 2.75) is 50.5 Å². The highest BCUT2D eigenvalue weighted by Gasteiger charge is 2.61. The summed E-state index contributed by atoms with van der Waals surface area (Å²) in [6.45, 7) is 8.86. The number of nitrogens with zero attached hydrogens (tertiary/aromatic N) is 6. The summed E-state index contributed by atoms with van der Waals surface area (Å²) in [5, 5.41) is 25.8. The van der Waals surface area contributed by atoms with Crippen LogP contribution in [-0.4, -0.2) is 58.1 Å². The average molecular weight is 431 g/mol. The zero-order valence-electron chi connectivity index (χ0n) is 19.0. The van der Waals surface area contributed by atoms with Crippen molar-refractivity contribution in [2.24, 2.45) is 21.3 Å². The molecule has 0 radical (unpaired) electrons. The number of aliphatic imine (C=N–C) groups is 2. The summed E-state index contributed by atoms with van der Waals surface area (Å²) in [5.74, 6) is 1.57. The Hall–Kier alpha value is -2.98. The number of hydrogen-bond acceptors (Lipinski definition) is 6. The molecule has 1 aromatic heterocycles. The van der Waals surface area contributed by atoms with Crippen LogP contribution in [0.3, 0.4) is 0 Å². The molecule has 0 bridgehead atoms. The van der Waals surface area contributed by atoms with Crippen LogP contribution < -0.4 is 0 Å². The van der Waals surface area contributed by atoms with Gasteiger partial charge in [0.2, 0.25) is 0 Å². The number of rotatable bonds is 5. The summed E-state index contributed by atoms with van der Waals surface area (Å²) >= 11 is 0. The summed E-state index contributed by atoms with van der Waals surface area (Å²) in [7, 11) is 1.74. The fraction of sp³-hybridized carbons (Fsp3) is 0.520. The first kappa shape index (κ1) is 20.9. The van der Waals surface area contributed by atoms with Crippen LogP contribution in [-0.2, 0) is 5.41 Å². The smallest absolute Gasteiger partial charge is 0.152 e. The van der Waals surface area contributed by atoms with Gasteiger partial charge < -0.3 is 10.0 Å². The number of aromatic nitrogens is 2. The normalized spacial score (nSPS) is 22.4. The maximum Gasteiger partial charge on any atom is 0.152 e. The van der Waals surface area contributed by atoms with E-state index in [-0.39, 0.29) is 11.3 Å². The van der Waals surface area contributed by atoms with Gasteiger partial charge in [-0.3, -0.25) is 4.99 Å². The lowest BCUT2D eigenvalue weighted by atomic mass is 9.57. The van der Waals surface area contributed by atoms with Crippen LogP contribution in [0, 0.1) is 22.7 Å². The Morgan fingerprint density at radius 2 is 2.06 bits per heavy atom. The van der Waals surface area contributed by atoms with Gasteiger partial charge in [0.25, 0.3) is 0 Å². The maximum atomic E-state index is 10.2. The van der Waals surface area contributed by atoms with Crippen LogP contribution in [0.4, 0.5) is 0 Å². The predicted octanol–water partition coefficient (Wildman–Crippen LogP) is 3.49. The van der Waals surface area contributed by atoms with Gasteiger partial charge in [0.15, 0.2) is 5.84 Å². The summed E-state index contributed by atoms with van der Waals surface area (Å²) in [5.41, 5.74) is 1.36. The van der Waals surface area contributed by atoms with Gasteiger partial charge >= 0.3 is 0 Å². The quantitative estimate of drug-likeness (QED) is 0.581. The zero-order chi connectivity index (χ0) is 22.7. The van der Waals surface area contributed by atoms with Crippen molar-refractivity contribution in [3.8, 4) is 6.07 Å². The maximum absolute atomic E-state index is 10.2. The number of hydrogen-bond donors (Lipinski definition) is 1. The van der Waals surface area contributed by atoms with E-state index in [9.17, 15) is 10.4 Å². The van der Waals surface area contributed by atoms with Crippen LogP contribution >= 0.6 is 0 Å². The van der Waals surface area contributed by atoms with Crippen LogP contribution in [0.15, 0.2) is 46.3 Å². The number of fused-ring (bicyclic) bond motifs is 1. The van der Waals surface area contributed by atoms with E-state index in [0.29, 0.717) is 17.1 Å². The van der Waals surface area contributed by atoms with Crippen molar-refractivity contribution in [2.75, 3.05) is 20.1 Å². The standard InChI is InChI=1S/C25H30N6O/c1-23(2,32)19-12-30(13-19)21(27-3)10-22(28-4)31-20-9-18(6-5-17(20)11-29-31)25(16-26)14-24(15-25)7-8-24/h5-6,9-11,19,32H,3,7-8,12-15H2,1-2,4H3/b21-10+,28-22?. The Morgan fingerprint density at radius 3 is 2.62 bits per heavy atom. The third-order valence-electron chi connectivity index (χ3n) is 7.72. The Morgan fingerprint density at radius 1 is 1.34 bits per heavy atom. The van der Waals surface area contributed by atoms with Crippen LogP contribution in [0.1, 0.15) is 45.1 Å². The molecule has 7 heteroatoms. The molecule has 2 aliphatic carbocycles. The van der Waals surface area contributed by atoms with E-state index < -0.39 is 5.60 Å². The Kier molecular flexibility index (Phi) is 4.58. The Bertz CT molecular complexity index is 1170. The van der Waals surface area contributed by atoms with Crippen LogP contribution in [0.25, 0.3) is 10.9 Å². The van der Waals surface area contributed by atoms with Gasteiger partial charge in [-0.1, -0.05) is 12.1 Å². The SMILES string of the molecule is C=N/C(=C\C(=NC)n1ncc2ccc(C3(C#N)CC4(CC4)C3)cc21)N1CC(C(C)(C)O)C1. The highest BCUT2D eigenvalue weighted by atomic mass is 16.3. The molecular formula is C25H30N6O. The number of likely N-dealkylation sites (tertiary alicyclic amines) is 1. The second-order valence-electron chi connectivity index (χ2n) is 10.4. The van der Waals surface area contributed by atoms with Crippen molar-refractivity contribution in [1.29, 1.82) is 5.26 Å². The Balaban J connectivity index is 1.45. The molecule has 32 heavy (non-hydrogen) atoms. The monoisotopic (exact) mass is 430 g/mol. The average Bonchev–Trinajstić information content (AvgIpc) is 3.38. The van der Waals surface area contributed by atoms with Crippen molar-refractivity contribution in [3.63, 3.8) is 0 Å². The molecule has 0 unspecified atom stereocenters. The third kappa shape index (κ3) is 3.25. The second kappa shape index (κ2) is 7.01. The molecule has 1 aromatic carbocycles. The molecule has 1 spiro atoms. The van der Waals surface area contributed by atoms with E-state index in [1.165, 1.54) is 12.8 Å². The van der Waals surface area contributed by atoms with Gasteiger partial charge in [0.1, 0.15) is 5.82 Å². The molecule has 1 aliphatic heterocycles. The number of aliphatic hydroxyl groups is 1. The lowest BCUT2D eigenvalue weighted by molar-refractivity contribution is -0.0498. The summed E-state index contributed by atoms with van der Waals surface area (Å²) in [4.78, 5) is 10.8. The van der Waals surface area contributed by atoms with E-state index in [1.807, 2.05) is 30.8 Å². The molecule has 5 rings (SSSR count). The van der Waals surface area contributed by atoms with Gasteiger partial charge in [0, 0.05) is 37.5 Å². The first-order chi connectivity index (χ1) is 15.2. The summed E-state index contributed by atoms with van der Waals surface area (Å²) in [6.07, 6.45) is 8.16. The molecule has 0 atom stereocenters. The molecule has 166 valence electrons. The minimum absolute atomic E-state index is 0.196. The molecule has 1 N–H and O–H groups in total. The first-order valence-electron chi connectivity index (χ1n) is 11.2. The van der Waals surface area contributed by atoms with Crippen molar-refractivity contribution in [1.82, 2.24) is 14.7 Å². The molecule has 2 saturated carbocycles. The van der Waals surface area contributed by atoms with E-state index in [2.05, 4.69) is 51.0 Å². The lowest BCUT2D eigenvalue weighted by Crippen LogP contribution is -2.54. The van der Waals surface area contributed by atoms with Crippen LogP contribution in [0.5, 0.6) is 0 Å². The molecule has 0 amide bonds. The zero-order valence-corrected chi connectivity index (χ0v) is 19.0. The van der Waals surface area contributed by atoms with Crippen molar-refractivity contribution in [3.05, 3.63) is 41.9 Å². The van der Waals surface area contributed by atoms with Crippen LogP contribution in [0.2, 0.25) is 0 Å². The molecule has 3 aliphatic rings. The molecule has 2 heterocycles. The van der Waals surface area contributed by atoms with Gasteiger partial charge in [-0.15, -0.1) is 0 Å².